The summed E-state index contributed by atoms with van der Waals surface area (Å²) < 4.78 is 20.9. The second-order valence-corrected chi connectivity index (χ2v) is 6.84. The molecule has 0 bridgehead atoms. The van der Waals surface area contributed by atoms with Gasteiger partial charge < -0.3 is 15.0 Å². The Labute approximate surface area is 166 Å². The average molecular weight is 400 g/mol. The van der Waals surface area contributed by atoms with Crippen LogP contribution in [0.3, 0.4) is 0 Å². The maximum absolute atomic E-state index is 14.3. The highest BCUT2D eigenvalue weighted by Gasteiger charge is 2.24. The summed E-state index contributed by atoms with van der Waals surface area (Å²) in [7, 11) is 0. The molecule has 0 aliphatic rings. The number of aryl methyl sites for hydroxylation is 2. The molecule has 2 N–H and O–H groups in total. The Bertz CT molecular complexity index is 1090. The molecule has 1 aromatic carbocycles. The first-order chi connectivity index (χ1) is 13.7. The number of carbonyl (C=O) groups is 2. The maximum atomic E-state index is 14.3. The highest BCUT2D eigenvalue weighted by Crippen LogP contribution is 2.23. The van der Waals surface area contributed by atoms with Gasteiger partial charge in [-0.3, -0.25) is 4.79 Å². The lowest BCUT2D eigenvalue weighted by Gasteiger charge is -2.10. The number of aromatic amines is 1. The highest BCUT2D eigenvalue weighted by atomic mass is 19.1. The van der Waals surface area contributed by atoms with Gasteiger partial charge in [0.1, 0.15) is 11.5 Å². The van der Waals surface area contributed by atoms with Gasteiger partial charge in [-0.05, 0) is 68.8 Å². The van der Waals surface area contributed by atoms with E-state index in [2.05, 4.69) is 25.8 Å². The van der Waals surface area contributed by atoms with Gasteiger partial charge in [-0.25, -0.2) is 9.18 Å². The number of hydrogen-bond acceptors (Lipinski definition) is 6. The fourth-order valence-corrected chi connectivity index (χ4v) is 2.95. The number of amides is 1. The second-order valence-electron chi connectivity index (χ2n) is 6.84. The third-order valence-electron chi connectivity index (χ3n) is 4.28. The Hall–Kier alpha value is -3.56. The van der Waals surface area contributed by atoms with E-state index in [1.165, 1.54) is 22.9 Å². The third kappa shape index (κ3) is 4.00. The molecular weight excluding hydrogens is 379 g/mol. The number of hydrogen-bond donors (Lipinski definition) is 2. The number of nitrogens with one attached hydrogen (secondary N) is 2. The second kappa shape index (κ2) is 7.82. The predicted octanol–water partition coefficient (Wildman–Crippen LogP) is 2.87. The number of esters is 1. The molecule has 3 aromatic rings. The largest absolute Gasteiger partial charge is 0.459 e. The van der Waals surface area contributed by atoms with Gasteiger partial charge in [0.2, 0.25) is 0 Å². The number of carbonyl (C=O) groups excluding carboxylic acids is 2. The van der Waals surface area contributed by atoms with Crippen LogP contribution < -0.4 is 5.32 Å². The quantitative estimate of drug-likeness (QED) is 0.637. The van der Waals surface area contributed by atoms with Crippen molar-refractivity contribution < 1.29 is 18.7 Å². The number of aromatic nitrogens is 5. The van der Waals surface area contributed by atoms with E-state index in [0.717, 1.165) is 0 Å². The minimum absolute atomic E-state index is 0.0413. The van der Waals surface area contributed by atoms with Crippen molar-refractivity contribution in [1.82, 2.24) is 25.2 Å². The number of halogens is 1. The van der Waals surface area contributed by atoms with Crippen LogP contribution in [0.25, 0.3) is 5.69 Å². The summed E-state index contributed by atoms with van der Waals surface area (Å²) in [6.07, 6.45) is -0.292. The molecule has 1 amide bonds. The topological polar surface area (TPSA) is 115 Å². The van der Waals surface area contributed by atoms with Gasteiger partial charge in [-0.1, -0.05) is 0 Å². The molecule has 3 rings (SSSR count). The minimum Gasteiger partial charge on any atom is -0.459 e. The Morgan fingerprint density at radius 1 is 1.24 bits per heavy atom. The molecule has 152 valence electrons. The molecule has 10 heteroatoms. The molecule has 9 nitrogen and oxygen atoms in total. The Morgan fingerprint density at radius 2 is 1.97 bits per heavy atom. The van der Waals surface area contributed by atoms with Crippen LogP contribution >= 0.6 is 0 Å². The Balaban J connectivity index is 1.90. The summed E-state index contributed by atoms with van der Waals surface area (Å²) >= 11 is 0. The number of ether oxygens (including phenoxy) is 1. The first kappa shape index (κ1) is 20.2. The molecule has 0 aliphatic carbocycles. The minimum atomic E-state index is -0.617. The maximum Gasteiger partial charge on any atom is 0.340 e. The molecule has 0 atom stereocenters. The van der Waals surface area contributed by atoms with Crippen molar-refractivity contribution in [2.24, 2.45) is 0 Å². The van der Waals surface area contributed by atoms with Crippen molar-refractivity contribution in [1.29, 1.82) is 0 Å². The van der Waals surface area contributed by atoms with E-state index in [4.69, 9.17) is 4.74 Å². The van der Waals surface area contributed by atoms with Crippen LogP contribution in [0.2, 0.25) is 0 Å². The summed E-state index contributed by atoms with van der Waals surface area (Å²) in [5.41, 5.74) is 1.82. The molecule has 29 heavy (non-hydrogen) atoms. The van der Waals surface area contributed by atoms with Crippen LogP contribution in [0.15, 0.2) is 18.2 Å². The zero-order chi connectivity index (χ0) is 21.3. The van der Waals surface area contributed by atoms with E-state index in [-0.39, 0.29) is 17.5 Å². The summed E-state index contributed by atoms with van der Waals surface area (Å²) in [4.78, 5) is 27.9. The molecule has 0 unspecified atom stereocenters. The number of H-pyrrole nitrogens is 1. The standard InChI is InChI=1S/C19H21FN6O3/c1-9(2)29-19(28)16-10(3)17(21-11(16)4)18(27)22-15-8-13(6-7-14(15)20)26-12(5)23-24-25-26/h6-9,21H,1-5H3,(H,22,27). The van der Waals surface area contributed by atoms with E-state index < -0.39 is 17.7 Å². The number of nitrogens with zero attached hydrogens (tertiary/aromatic N) is 4. The lowest BCUT2D eigenvalue weighted by Crippen LogP contribution is -2.16. The zero-order valence-corrected chi connectivity index (χ0v) is 16.7. The smallest absolute Gasteiger partial charge is 0.340 e. The van der Waals surface area contributed by atoms with Crippen LogP contribution in [-0.4, -0.2) is 43.2 Å². The first-order valence-corrected chi connectivity index (χ1v) is 8.95. The zero-order valence-electron chi connectivity index (χ0n) is 16.7. The molecule has 0 radical (unpaired) electrons. The van der Waals surface area contributed by atoms with E-state index in [9.17, 15) is 14.0 Å². The van der Waals surface area contributed by atoms with Crippen molar-refractivity contribution in [3.63, 3.8) is 0 Å². The van der Waals surface area contributed by atoms with Crippen LogP contribution in [0.5, 0.6) is 0 Å². The monoisotopic (exact) mass is 400 g/mol. The van der Waals surface area contributed by atoms with Crippen molar-refractivity contribution >= 4 is 17.6 Å². The van der Waals surface area contributed by atoms with Crippen molar-refractivity contribution in [2.45, 2.75) is 40.7 Å². The van der Waals surface area contributed by atoms with E-state index in [1.54, 1.807) is 34.6 Å². The Kier molecular flexibility index (Phi) is 5.44. The van der Waals surface area contributed by atoms with Gasteiger partial charge in [0, 0.05) is 5.69 Å². The fraction of sp³-hybridized carbons (Fsp3) is 0.316. The summed E-state index contributed by atoms with van der Waals surface area (Å²) in [5, 5.41) is 13.7. The van der Waals surface area contributed by atoms with Gasteiger partial charge in [0.05, 0.1) is 23.0 Å². The van der Waals surface area contributed by atoms with E-state index in [0.29, 0.717) is 28.3 Å². The van der Waals surface area contributed by atoms with Crippen LogP contribution in [0.1, 0.15) is 51.8 Å². The molecule has 0 fully saturated rings. The van der Waals surface area contributed by atoms with E-state index in [1.807, 2.05) is 0 Å². The molecule has 0 spiro atoms. The SMILES string of the molecule is Cc1[nH]c(C(=O)Nc2cc(-n3nnnc3C)ccc2F)c(C)c1C(=O)OC(C)C. The lowest BCUT2D eigenvalue weighted by atomic mass is 10.1. The molecular formula is C19H21FN6O3. The number of benzene rings is 1. The van der Waals surface area contributed by atoms with Gasteiger partial charge >= 0.3 is 5.97 Å². The number of rotatable bonds is 5. The molecule has 2 aromatic heterocycles. The molecule has 2 heterocycles. The van der Waals surface area contributed by atoms with Gasteiger partial charge in [-0.2, -0.15) is 4.68 Å². The molecule has 0 saturated heterocycles. The normalized spacial score (nSPS) is 11.0. The van der Waals surface area contributed by atoms with Crippen molar-refractivity contribution in [2.75, 3.05) is 5.32 Å². The molecule has 0 aliphatic heterocycles. The van der Waals surface area contributed by atoms with Gasteiger partial charge in [0.15, 0.2) is 5.82 Å². The van der Waals surface area contributed by atoms with Crippen LogP contribution in [-0.2, 0) is 4.74 Å². The summed E-state index contributed by atoms with van der Waals surface area (Å²) in [6.45, 7) is 8.48. The van der Waals surface area contributed by atoms with Crippen LogP contribution in [0, 0.1) is 26.6 Å². The van der Waals surface area contributed by atoms with E-state index >= 15 is 0 Å². The number of anilines is 1. The molecule has 0 saturated carbocycles. The predicted molar refractivity (Wildman–Crippen MR) is 103 cm³/mol. The van der Waals surface area contributed by atoms with Gasteiger partial charge in [-0.15, -0.1) is 5.10 Å². The van der Waals surface area contributed by atoms with Gasteiger partial charge in [0.25, 0.3) is 5.91 Å². The summed E-state index contributed by atoms with van der Waals surface area (Å²) in [6, 6.07) is 4.14. The first-order valence-electron chi connectivity index (χ1n) is 8.95. The van der Waals surface area contributed by atoms with Crippen molar-refractivity contribution in [3.05, 3.63) is 52.4 Å². The van der Waals surface area contributed by atoms with Crippen molar-refractivity contribution in [3.8, 4) is 5.69 Å². The summed E-state index contributed by atoms with van der Waals surface area (Å²) in [5.74, 6) is -1.21. The lowest BCUT2D eigenvalue weighted by molar-refractivity contribution is 0.0376. The number of tetrazole rings is 1. The average Bonchev–Trinajstić information content (AvgIpc) is 3.19. The highest BCUT2D eigenvalue weighted by molar-refractivity contribution is 6.07. The Morgan fingerprint density at radius 3 is 2.59 bits per heavy atom. The third-order valence-corrected chi connectivity index (χ3v) is 4.28. The van der Waals surface area contributed by atoms with Crippen LogP contribution in [0.4, 0.5) is 10.1 Å². The fourth-order valence-electron chi connectivity index (χ4n) is 2.95.